The van der Waals surface area contributed by atoms with Gasteiger partial charge in [-0.2, -0.15) is 0 Å². The standard InChI is InChI=1S/C59H96O6/c1-4-7-10-13-16-19-22-25-28-30-32-34-37-40-43-46-49-52-58(61)64-55-56(54-63-57(60)51-48-45-42-39-36-33-27-24-21-18-15-12-9-6-3)65-59(62)53-50-47-44-41-38-35-31-29-26-23-20-17-14-11-8-5-2/h8,11,17,20,25-26,28-29,32-36,38,40,43-44,47,56H,4-7,9-10,12-16,18-19,21-24,27,30-31,37,39,41-42,45-46,48-55H2,1-3H3/b11-8-,20-17-,28-25-,29-26-,34-32-,36-33-,38-35-,43-40-,47-44-. The van der Waals surface area contributed by atoms with Crippen LogP contribution in [0.3, 0.4) is 0 Å². The summed E-state index contributed by atoms with van der Waals surface area (Å²) in [5.74, 6) is -1.09. The van der Waals surface area contributed by atoms with E-state index in [0.29, 0.717) is 19.3 Å². The van der Waals surface area contributed by atoms with Crippen molar-refractivity contribution in [3.63, 3.8) is 0 Å². The van der Waals surface area contributed by atoms with Crippen LogP contribution in [0.1, 0.15) is 226 Å². The zero-order chi connectivity index (χ0) is 47.2. The quantitative estimate of drug-likeness (QED) is 0.0262. The Bertz CT molecular complexity index is 1360. The van der Waals surface area contributed by atoms with E-state index in [1.54, 1.807) is 0 Å². The van der Waals surface area contributed by atoms with E-state index in [4.69, 9.17) is 14.2 Å². The molecule has 0 aliphatic rings. The first-order chi connectivity index (χ1) is 32.0. The fourth-order valence-corrected chi connectivity index (χ4v) is 6.79. The van der Waals surface area contributed by atoms with Crippen molar-refractivity contribution >= 4 is 17.9 Å². The summed E-state index contributed by atoms with van der Waals surface area (Å²) in [5, 5.41) is 0. The predicted octanol–water partition coefficient (Wildman–Crippen LogP) is 17.5. The molecule has 0 aromatic heterocycles. The lowest BCUT2D eigenvalue weighted by Gasteiger charge is -2.18. The second-order valence-electron chi connectivity index (χ2n) is 17.0. The van der Waals surface area contributed by atoms with Crippen LogP contribution in [0.25, 0.3) is 0 Å². The van der Waals surface area contributed by atoms with Crippen molar-refractivity contribution in [2.24, 2.45) is 0 Å². The van der Waals surface area contributed by atoms with Gasteiger partial charge in [-0.15, -0.1) is 0 Å². The van der Waals surface area contributed by atoms with Gasteiger partial charge in [-0.1, -0.05) is 207 Å². The molecule has 0 rings (SSSR count). The van der Waals surface area contributed by atoms with Crippen LogP contribution < -0.4 is 0 Å². The maximum absolute atomic E-state index is 12.8. The van der Waals surface area contributed by atoms with Crippen LogP contribution in [-0.4, -0.2) is 37.2 Å². The fourth-order valence-electron chi connectivity index (χ4n) is 6.79. The number of rotatable bonds is 46. The molecule has 6 nitrogen and oxygen atoms in total. The van der Waals surface area contributed by atoms with Crippen LogP contribution in [0.2, 0.25) is 0 Å². The molecule has 0 bridgehead atoms. The Balaban J connectivity index is 4.60. The van der Waals surface area contributed by atoms with E-state index in [0.717, 1.165) is 83.5 Å². The zero-order valence-corrected chi connectivity index (χ0v) is 42.0. The third-order valence-corrected chi connectivity index (χ3v) is 10.7. The van der Waals surface area contributed by atoms with E-state index in [-0.39, 0.29) is 38.0 Å². The van der Waals surface area contributed by atoms with Crippen molar-refractivity contribution in [2.45, 2.75) is 232 Å². The molecule has 0 saturated heterocycles. The summed E-state index contributed by atoms with van der Waals surface area (Å²) in [6.45, 7) is 6.38. The van der Waals surface area contributed by atoms with Gasteiger partial charge in [-0.25, -0.2) is 0 Å². The summed E-state index contributed by atoms with van der Waals surface area (Å²) in [6, 6.07) is 0. The third kappa shape index (κ3) is 50.9. The molecule has 0 spiro atoms. The van der Waals surface area contributed by atoms with E-state index in [1.165, 1.54) is 89.9 Å². The number of carbonyl (C=O) groups is 3. The van der Waals surface area contributed by atoms with Crippen molar-refractivity contribution in [1.82, 2.24) is 0 Å². The Kier molecular flexibility index (Phi) is 49.5. The molecule has 368 valence electrons. The minimum absolute atomic E-state index is 0.133. The number of unbranched alkanes of at least 4 members (excludes halogenated alkanes) is 17. The number of allylic oxidation sites excluding steroid dienone is 18. The predicted molar refractivity (Wildman–Crippen MR) is 279 cm³/mol. The number of carbonyl (C=O) groups excluding carboxylic acids is 3. The molecule has 0 fully saturated rings. The molecule has 0 amide bonds. The van der Waals surface area contributed by atoms with Gasteiger partial charge in [0.15, 0.2) is 6.10 Å². The fraction of sp³-hybridized carbons (Fsp3) is 0.644. The van der Waals surface area contributed by atoms with Crippen molar-refractivity contribution in [3.05, 3.63) is 109 Å². The minimum atomic E-state index is -0.845. The van der Waals surface area contributed by atoms with E-state index in [9.17, 15) is 14.4 Å². The van der Waals surface area contributed by atoms with Gasteiger partial charge in [0.2, 0.25) is 0 Å². The minimum Gasteiger partial charge on any atom is -0.462 e. The Labute approximate surface area is 400 Å². The van der Waals surface area contributed by atoms with Crippen LogP contribution in [0.4, 0.5) is 0 Å². The van der Waals surface area contributed by atoms with Crippen molar-refractivity contribution in [1.29, 1.82) is 0 Å². The molecule has 1 atom stereocenters. The van der Waals surface area contributed by atoms with Gasteiger partial charge >= 0.3 is 17.9 Å². The summed E-state index contributed by atoms with van der Waals surface area (Å²) in [5.41, 5.74) is 0. The first kappa shape index (κ1) is 61.1. The molecule has 0 aliphatic heterocycles. The van der Waals surface area contributed by atoms with E-state index in [2.05, 4.69) is 118 Å². The SMILES string of the molecule is CC/C=C\C/C=C\C/C=C\C/C=C\C/C=C\CCC(=O)OC(COC(=O)CCC/C=C\C/C=C\C/C=C\CCCCCCCC)COC(=O)CCCCC/C=C\CCCCCCCCC. The summed E-state index contributed by atoms with van der Waals surface area (Å²) in [6.07, 6.45) is 70.9. The van der Waals surface area contributed by atoms with Gasteiger partial charge < -0.3 is 14.2 Å². The molecule has 0 aliphatic carbocycles. The number of hydrogen-bond donors (Lipinski definition) is 0. The molecule has 0 aromatic rings. The maximum atomic E-state index is 12.8. The molecule has 6 heteroatoms. The second kappa shape index (κ2) is 52.7. The van der Waals surface area contributed by atoms with E-state index >= 15 is 0 Å². The normalized spacial score (nSPS) is 13.0. The van der Waals surface area contributed by atoms with Gasteiger partial charge in [-0.3, -0.25) is 14.4 Å². The van der Waals surface area contributed by atoms with Gasteiger partial charge in [-0.05, 0) is 109 Å². The summed E-state index contributed by atoms with van der Waals surface area (Å²) in [4.78, 5) is 37.9. The van der Waals surface area contributed by atoms with Gasteiger partial charge in [0.05, 0.1) is 0 Å². The highest BCUT2D eigenvalue weighted by molar-refractivity contribution is 5.71. The van der Waals surface area contributed by atoms with Gasteiger partial charge in [0.25, 0.3) is 0 Å². The average Bonchev–Trinajstić information content (AvgIpc) is 3.30. The largest absolute Gasteiger partial charge is 0.462 e. The highest BCUT2D eigenvalue weighted by atomic mass is 16.6. The second-order valence-corrected chi connectivity index (χ2v) is 17.0. The Morgan fingerprint density at radius 1 is 0.323 bits per heavy atom. The lowest BCUT2D eigenvalue weighted by atomic mass is 10.1. The van der Waals surface area contributed by atoms with E-state index < -0.39 is 12.1 Å². The van der Waals surface area contributed by atoms with Crippen LogP contribution in [-0.2, 0) is 28.6 Å². The summed E-state index contributed by atoms with van der Waals surface area (Å²) in [7, 11) is 0. The first-order valence-corrected chi connectivity index (χ1v) is 26.4. The Hall–Kier alpha value is -3.93. The zero-order valence-electron chi connectivity index (χ0n) is 42.0. The molecule has 0 heterocycles. The summed E-state index contributed by atoms with van der Waals surface area (Å²) >= 11 is 0. The van der Waals surface area contributed by atoms with Crippen LogP contribution in [0.15, 0.2) is 109 Å². The van der Waals surface area contributed by atoms with Crippen LogP contribution in [0.5, 0.6) is 0 Å². The average molecular weight is 901 g/mol. The van der Waals surface area contributed by atoms with Crippen molar-refractivity contribution in [2.75, 3.05) is 13.2 Å². The molecule has 0 saturated carbocycles. The van der Waals surface area contributed by atoms with Gasteiger partial charge in [0.1, 0.15) is 13.2 Å². The Morgan fingerprint density at radius 3 is 1.08 bits per heavy atom. The van der Waals surface area contributed by atoms with Crippen molar-refractivity contribution < 1.29 is 28.6 Å². The monoisotopic (exact) mass is 901 g/mol. The first-order valence-electron chi connectivity index (χ1n) is 26.4. The number of ether oxygens (including phenoxy) is 3. The summed E-state index contributed by atoms with van der Waals surface area (Å²) < 4.78 is 16.7. The molecule has 65 heavy (non-hydrogen) atoms. The Morgan fingerprint density at radius 2 is 0.646 bits per heavy atom. The highest BCUT2D eigenvalue weighted by Crippen LogP contribution is 2.12. The lowest BCUT2D eigenvalue weighted by Crippen LogP contribution is -2.30. The molecular weight excluding hydrogens is 805 g/mol. The van der Waals surface area contributed by atoms with Crippen molar-refractivity contribution in [3.8, 4) is 0 Å². The third-order valence-electron chi connectivity index (χ3n) is 10.7. The lowest BCUT2D eigenvalue weighted by molar-refractivity contribution is -0.166. The molecule has 0 N–H and O–H groups in total. The molecule has 1 unspecified atom stereocenters. The maximum Gasteiger partial charge on any atom is 0.306 e. The smallest absolute Gasteiger partial charge is 0.306 e. The topological polar surface area (TPSA) is 78.9 Å². The van der Waals surface area contributed by atoms with Crippen LogP contribution >= 0.6 is 0 Å². The molecule has 0 aromatic carbocycles. The van der Waals surface area contributed by atoms with E-state index in [1.807, 2.05) is 12.2 Å². The van der Waals surface area contributed by atoms with Gasteiger partial charge in [0, 0.05) is 19.3 Å². The highest BCUT2D eigenvalue weighted by Gasteiger charge is 2.19. The molecule has 0 radical (unpaired) electrons. The number of hydrogen-bond acceptors (Lipinski definition) is 6. The number of esters is 3. The molecular formula is C59H96O6. The van der Waals surface area contributed by atoms with Crippen LogP contribution in [0, 0.1) is 0 Å².